The number of benzene rings is 3. The second kappa shape index (κ2) is 22.6. The van der Waals surface area contributed by atoms with E-state index in [1.54, 1.807) is 6.92 Å². The molecule has 0 radical (unpaired) electrons. The topological polar surface area (TPSA) is 294 Å². The predicted molar refractivity (Wildman–Crippen MR) is 294 cm³/mol. The number of nitrogens with one attached hydrogen (secondary N) is 2. The number of carbonyl (C=O) groups is 8. The maximum absolute atomic E-state index is 14.2. The maximum atomic E-state index is 14.2. The SMILES string of the molecule is CCN(CO[C@H]1C2[C@H]3O[C@H]3[C@H]3C4=C(CC[C@]3(C)[C@@]23O[C@H]3[C@@H]2O[C@]12C(C)C)C(=O)OC4)C(=O)OCc1ccc(O[C@@H]2OC(C(=O)OC)[C@@H](OC(C)=O)C(OC(C)=O)[C@@H]2OC(C)=O)c(NC(=O)CCNC(=O)OCC2c3ccccc3-c3ccccc32)c1. The highest BCUT2D eigenvalue weighted by atomic mass is 16.7. The number of hydrogen-bond donors (Lipinski definition) is 2. The molecule has 12 rings (SSSR count). The van der Waals surface area contributed by atoms with E-state index >= 15 is 0 Å². The molecule has 1 spiro atoms. The van der Waals surface area contributed by atoms with Crippen molar-refractivity contribution in [3.63, 3.8) is 0 Å². The molecule has 3 aromatic carbocycles. The molecule has 86 heavy (non-hydrogen) atoms. The molecule has 2 saturated carbocycles. The number of epoxide rings is 3. The fourth-order valence-corrected chi connectivity index (χ4v) is 14.8. The van der Waals surface area contributed by atoms with E-state index in [1.165, 1.54) is 23.1 Å². The van der Waals surface area contributed by atoms with Gasteiger partial charge in [0.15, 0.2) is 18.3 Å². The fraction of sp³-hybridized carbons (Fsp3) is 0.548. The van der Waals surface area contributed by atoms with Crippen LogP contribution in [0.2, 0.25) is 0 Å². The van der Waals surface area contributed by atoms with Crippen LogP contribution >= 0.6 is 0 Å². The first-order chi connectivity index (χ1) is 41.2. The second-order valence-corrected chi connectivity index (χ2v) is 23.7. The van der Waals surface area contributed by atoms with Crippen LogP contribution in [0.25, 0.3) is 11.1 Å². The van der Waals surface area contributed by atoms with Crippen LogP contribution in [0.5, 0.6) is 5.75 Å². The van der Waals surface area contributed by atoms with E-state index in [0.717, 1.165) is 61.3 Å². The van der Waals surface area contributed by atoms with Crippen LogP contribution in [-0.2, 0) is 92.2 Å². The highest BCUT2D eigenvalue weighted by Crippen LogP contribution is 2.79. The van der Waals surface area contributed by atoms with Crippen LogP contribution in [0.15, 0.2) is 77.9 Å². The van der Waals surface area contributed by atoms with Crippen molar-refractivity contribution in [2.45, 2.75) is 153 Å². The number of nitrogens with zero attached hydrogens (tertiary/aromatic N) is 1. The minimum absolute atomic E-state index is 0.0182. The summed E-state index contributed by atoms with van der Waals surface area (Å²) < 4.78 is 78.0. The number of cyclic esters (lactones) is 1. The normalized spacial score (nSPS) is 32.5. The molecule has 3 amide bonds. The summed E-state index contributed by atoms with van der Waals surface area (Å²) >= 11 is 0. The van der Waals surface area contributed by atoms with Gasteiger partial charge in [-0.05, 0) is 71.2 Å². The Hall–Kier alpha value is -7.64. The standard InChI is InChI=1S/C62H69N3O21/c1-9-65(28-78-52-45-47-46(83-47)44-40-27-75-55(70)38(40)20-22-60(44,7)62(45)54(86-62)53-61(52,85-53)29(2)3)59(73)77-25-33-18-19-42(82-57-51(81-32(6)68)49(80-31(5)67)48(79-30(4)66)50(84-57)56(71)74-8)41(24-33)64-43(69)21-23-63-58(72)76-26-39-36-16-12-10-14-34(36)35-15-11-13-17-37(35)39/h10-19,24,29,39,44-54,57H,9,20-23,25-28H2,1-8H3,(H,63,72)(H,64,69)/t44-,45?,46+,47-,48+,49?,50?,51+,52+,53+,54+,57-,60+,61-,62-/m1/s1. The van der Waals surface area contributed by atoms with Gasteiger partial charge >= 0.3 is 42.0 Å². The van der Waals surface area contributed by atoms with Gasteiger partial charge in [-0.25, -0.2) is 19.2 Å². The lowest BCUT2D eigenvalue weighted by Gasteiger charge is -2.54. The number of fused-ring (bicyclic) bond motifs is 10. The minimum atomic E-state index is -1.80. The Morgan fingerprint density at radius 1 is 0.814 bits per heavy atom. The molecule has 0 aromatic heterocycles. The Morgan fingerprint density at radius 2 is 1.50 bits per heavy atom. The number of methoxy groups -OCH3 is 1. The zero-order chi connectivity index (χ0) is 60.7. The van der Waals surface area contributed by atoms with Crippen molar-refractivity contribution < 1.29 is 99.9 Å². The summed E-state index contributed by atoms with van der Waals surface area (Å²) in [6.45, 7) is 11.2. The Morgan fingerprint density at radius 3 is 2.17 bits per heavy atom. The third-order valence-electron chi connectivity index (χ3n) is 18.7. The average Bonchev–Trinajstić information content (AvgIpc) is 1.44. The monoisotopic (exact) mass is 1190 g/mol. The van der Waals surface area contributed by atoms with Crippen molar-refractivity contribution in [3.05, 3.63) is 94.6 Å². The lowest BCUT2D eigenvalue weighted by atomic mass is 9.47. The maximum Gasteiger partial charge on any atom is 0.411 e. The number of esters is 5. The van der Waals surface area contributed by atoms with Crippen LogP contribution in [0.1, 0.15) is 90.3 Å². The van der Waals surface area contributed by atoms with Crippen molar-refractivity contribution in [1.29, 1.82) is 0 Å². The molecule has 3 aromatic rings. The molecular formula is C62H69N3O21. The van der Waals surface area contributed by atoms with Gasteiger partial charge in [-0.1, -0.05) is 75.4 Å². The second-order valence-electron chi connectivity index (χ2n) is 23.7. The number of amides is 3. The van der Waals surface area contributed by atoms with E-state index in [1.807, 2.05) is 48.5 Å². The summed E-state index contributed by atoms with van der Waals surface area (Å²) in [5, 5.41) is 5.40. The molecule has 458 valence electrons. The quantitative estimate of drug-likeness (QED) is 0.0644. The third-order valence-corrected chi connectivity index (χ3v) is 18.7. The summed E-state index contributed by atoms with van der Waals surface area (Å²) in [7, 11) is 1.05. The zero-order valence-electron chi connectivity index (χ0n) is 48.8. The summed E-state index contributed by atoms with van der Waals surface area (Å²) in [6.07, 6.45) is -10.5. The van der Waals surface area contributed by atoms with Gasteiger partial charge in [-0.15, -0.1) is 0 Å². The molecule has 5 heterocycles. The van der Waals surface area contributed by atoms with Gasteiger partial charge in [0.1, 0.15) is 55.7 Å². The van der Waals surface area contributed by atoms with Gasteiger partial charge in [-0.3, -0.25) is 24.1 Å². The largest absolute Gasteiger partial charge is 0.467 e. The van der Waals surface area contributed by atoms with Gasteiger partial charge in [0.2, 0.25) is 18.3 Å². The molecular weight excluding hydrogens is 1120 g/mol. The van der Waals surface area contributed by atoms with E-state index < -0.39 is 95.4 Å². The first-order valence-electron chi connectivity index (χ1n) is 29.1. The number of carbonyl (C=O) groups excluding carboxylic acids is 8. The molecule has 2 N–H and O–H groups in total. The number of rotatable bonds is 19. The molecule has 24 nitrogen and oxygen atoms in total. The molecule has 4 saturated heterocycles. The van der Waals surface area contributed by atoms with E-state index in [0.29, 0.717) is 18.4 Å². The van der Waals surface area contributed by atoms with Crippen molar-refractivity contribution in [1.82, 2.24) is 10.2 Å². The minimum Gasteiger partial charge on any atom is -0.467 e. The molecule has 15 atom stereocenters. The molecule has 24 heteroatoms. The molecule has 0 bridgehead atoms. The van der Waals surface area contributed by atoms with Crippen LogP contribution < -0.4 is 15.4 Å². The van der Waals surface area contributed by atoms with E-state index in [2.05, 4.69) is 31.4 Å². The van der Waals surface area contributed by atoms with Crippen LogP contribution in [0.3, 0.4) is 0 Å². The highest BCUT2D eigenvalue weighted by molar-refractivity contribution is 5.93. The average molecular weight is 1190 g/mol. The highest BCUT2D eigenvalue weighted by Gasteiger charge is 2.93. The van der Waals surface area contributed by atoms with Crippen molar-refractivity contribution >= 4 is 53.6 Å². The molecule has 6 fully saturated rings. The molecule has 9 aliphatic rings. The molecule has 4 aliphatic carbocycles. The summed E-state index contributed by atoms with van der Waals surface area (Å²) in [6, 6.07) is 20.2. The van der Waals surface area contributed by atoms with Crippen LogP contribution in [-0.4, -0.2) is 165 Å². The lowest BCUT2D eigenvalue weighted by Crippen LogP contribution is -2.66. The number of alkyl carbamates (subject to hydrolysis) is 1. The Balaban J connectivity index is 0.754. The van der Waals surface area contributed by atoms with Crippen LogP contribution in [0, 0.1) is 23.2 Å². The first kappa shape index (κ1) is 58.7. The number of ether oxygens (including phenoxy) is 13. The first-order valence-corrected chi connectivity index (χ1v) is 29.1. The zero-order valence-corrected chi connectivity index (χ0v) is 48.8. The molecule has 3 unspecified atom stereocenters. The third kappa shape index (κ3) is 9.99. The van der Waals surface area contributed by atoms with E-state index in [-0.39, 0.29) is 112 Å². The van der Waals surface area contributed by atoms with Crippen molar-refractivity contribution in [3.8, 4) is 16.9 Å². The Kier molecular flexibility index (Phi) is 15.4. The molecule has 5 aliphatic heterocycles. The van der Waals surface area contributed by atoms with Crippen molar-refractivity contribution in [2.75, 3.05) is 45.5 Å². The summed E-state index contributed by atoms with van der Waals surface area (Å²) in [5.41, 5.74) is 4.50. The number of anilines is 1. The summed E-state index contributed by atoms with van der Waals surface area (Å²) in [4.78, 5) is 106. The van der Waals surface area contributed by atoms with Gasteiger partial charge < -0.3 is 72.2 Å². The Bertz CT molecular complexity index is 3270. The van der Waals surface area contributed by atoms with E-state index in [4.69, 9.17) is 61.6 Å². The van der Waals surface area contributed by atoms with Crippen molar-refractivity contribution in [2.24, 2.45) is 23.2 Å². The summed E-state index contributed by atoms with van der Waals surface area (Å²) in [5.74, 6) is -5.27. The lowest BCUT2D eigenvalue weighted by molar-refractivity contribution is -0.282. The van der Waals surface area contributed by atoms with E-state index in [9.17, 15) is 38.4 Å². The fourth-order valence-electron chi connectivity index (χ4n) is 14.8. The Labute approximate surface area is 494 Å². The van der Waals surface area contributed by atoms with Crippen LogP contribution in [0.4, 0.5) is 15.3 Å². The van der Waals surface area contributed by atoms with Gasteiger partial charge in [0.25, 0.3) is 0 Å². The van der Waals surface area contributed by atoms with Gasteiger partial charge in [0, 0.05) is 69.0 Å². The smallest absolute Gasteiger partial charge is 0.411 e. The van der Waals surface area contributed by atoms with Gasteiger partial charge in [-0.2, -0.15) is 0 Å². The predicted octanol–water partition coefficient (Wildman–Crippen LogP) is 5.54. The van der Waals surface area contributed by atoms with Gasteiger partial charge in [0.05, 0.1) is 31.1 Å². The number of hydrogen-bond acceptors (Lipinski definition) is 21.